The largest absolute Gasteiger partial charge is 0.368 e. The Hall–Kier alpha value is -1.85. The SMILES string of the molecule is CC(C)C(C)N(C)c1nc(N)nc2[nH]ncc12. The minimum Gasteiger partial charge on any atom is -0.368 e. The standard InChI is InChI=1S/C11H18N6/c1-6(2)7(3)17(4)10-8-5-13-16-9(8)14-11(12)15-10/h5-7H,1-4H3,(H3,12,13,14,15,16). The Morgan fingerprint density at radius 2 is 2.00 bits per heavy atom. The molecule has 17 heavy (non-hydrogen) atoms. The van der Waals surface area contributed by atoms with Crippen LogP contribution in [0.5, 0.6) is 0 Å². The zero-order valence-electron chi connectivity index (χ0n) is 10.6. The number of nitrogens with one attached hydrogen (secondary N) is 1. The Morgan fingerprint density at radius 3 is 2.65 bits per heavy atom. The molecule has 3 N–H and O–H groups in total. The second kappa shape index (κ2) is 4.20. The summed E-state index contributed by atoms with van der Waals surface area (Å²) in [6, 6.07) is 0.363. The molecule has 0 aliphatic carbocycles. The van der Waals surface area contributed by atoms with Crippen LogP contribution in [-0.2, 0) is 0 Å². The normalized spacial score (nSPS) is 13.2. The molecule has 1 atom stereocenters. The fourth-order valence-corrected chi connectivity index (χ4v) is 1.75. The average Bonchev–Trinajstić information content (AvgIpc) is 2.73. The highest BCUT2D eigenvalue weighted by Gasteiger charge is 2.18. The monoisotopic (exact) mass is 234 g/mol. The molecule has 0 fully saturated rings. The summed E-state index contributed by atoms with van der Waals surface area (Å²) in [7, 11) is 2.01. The van der Waals surface area contributed by atoms with E-state index in [1.807, 2.05) is 7.05 Å². The smallest absolute Gasteiger partial charge is 0.224 e. The first kappa shape index (κ1) is 11.6. The second-order valence-corrected chi connectivity index (χ2v) is 4.63. The Morgan fingerprint density at radius 1 is 1.29 bits per heavy atom. The molecule has 0 amide bonds. The van der Waals surface area contributed by atoms with Gasteiger partial charge >= 0.3 is 0 Å². The van der Waals surface area contributed by atoms with Crippen molar-refractivity contribution in [3.8, 4) is 0 Å². The third-order valence-corrected chi connectivity index (χ3v) is 3.22. The number of fused-ring (bicyclic) bond motifs is 1. The van der Waals surface area contributed by atoms with E-state index in [0.29, 0.717) is 17.6 Å². The Kier molecular flexibility index (Phi) is 2.87. The number of hydrogen-bond acceptors (Lipinski definition) is 5. The minimum atomic E-state index is 0.263. The van der Waals surface area contributed by atoms with Crippen molar-refractivity contribution in [2.24, 2.45) is 5.92 Å². The molecule has 0 spiro atoms. The number of rotatable bonds is 3. The summed E-state index contributed by atoms with van der Waals surface area (Å²) < 4.78 is 0. The maximum Gasteiger partial charge on any atom is 0.224 e. The third kappa shape index (κ3) is 2.02. The van der Waals surface area contributed by atoms with Crippen molar-refractivity contribution < 1.29 is 0 Å². The Labute approximate surface area is 100 Å². The lowest BCUT2D eigenvalue weighted by Crippen LogP contribution is -2.34. The molecule has 2 aromatic rings. The third-order valence-electron chi connectivity index (χ3n) is 3.22. The van der Waals surface area contributed by atoms with Crippen LogP contribution in [0.3, 0.4) is 0 Å². The van der Waals surface area contributed by atoms with E-state index in [-0.39, 0.29) is 5.95 Å². The van der Waals surface area contributed by atoms with Crippen LogP contribution in [0.25, 0.3) is 11.0 Å². The highest BCUT2D eigenvalue weighted by Crippen LogP contribution is 2.25. The van der Waals surface area contributed by atoms with Gasteiger partial charge in [-0.1, -0.05) is 13.8 Å². The van der Waals surface area contributed by atoms with Crippen LogP contribution >= 0.6 is 0 Å². The maximum atomic E-state index is 5.70. The van der Waals surface area contributed by atoms with E-state index >= 15 is 0 Å². The fourth-order valence-electron chi connectivity index (χ4n) is 1.75. The molecule has 6 nitrogen and oxygen atoms in total. The van der Waals surface area contributed by atoms with Crippen molar-refractivity contribution in [3.63, 3.8) is 0 Å². The molecule has 0 aromatic carbocycles. The zero-order valence-corrected chi connectivity index (χ0v) is 10.6. The van der Waals surface area contributed by atoms with Crippen molar-refractivity contribution in [3.05, 3.63) is 6.20 Å². The molecular weight excluding hydrogens is 216 g/mol. The first-order chi connectivity index (χ1) is 8.00. The molecule has 1 unspecified atom stereocenters. The van der Waals surface area contributed by atoms with E-state index in [9.17, 15) is 0 Å². The van der Waals surface area contributed by atoms with Gasteiger partial charge in [0.1, 0.15) is 5.82 Å². The van der Waals surface area contributed by atoms with Gasteiger partial charge in [0, 0.05) is 13.1 Å². The Balaban J connectivity index is 2.50. The molecule has 2 heterocycles. The van der Waals surface area contributed by atoms with Crippen molar-refractivity contribution in [1.82, 2.24) is 20.2 Å². The lowest BCUT2D eigenvalue weighted by Gasteiger charge is -2.29. The summed E-state index contributed by atoms with van der Waals surface area (Å²) in [6.07, 6.45) is 1.73. The van der Waals surface area contributed by atoms with E-state index in [1.165, 1.54) is 0 Å². The van der Waals surface area contributed by atoms with Crippen molar-refractivity contribution >= 4 is 22.8 Å². The fraction of sp³-hybridized carbons (Fsp3) is 0.545. The number of H-pyrrole nitrogens is 1. The number of nitrogen functional groups attached to an aromatic ring is 1. The molecule has 2 rings (SSSR count). The lowest BCUT2D eigenvalue weighted by molar-refractivity contribution is 0.503. The summed E-state index contributed by atoms with van der Waals surface area (Å²) in [6.45, 7) is 6.52. The van der Waals surface area contributed by atoms with Gasteiger partial charge in [-0.25, -0.2) is 0 Å². The number of aromatic nitrogens is 4. The van der Waals surface area contributed by atoms with E-state index in [4.69, 9.17) is 5.73 Å². The Bertz CT molecular complexity index is 518. The van der Waals surface area contributed by atoms with Gasteiger partial charge in [-0.15, -0.1) is 0 Å². The zero-order chi connectivity index (χ0) is 12.6. The van der Waals surface area contributed by atoms with E-state index < -0.39 is 0 Å². The molecule has 0 aliphatic heterocycles. The maximum absolute atomic E-state index is 5.70. The first-order valence-corrected chi connectivity index (χ1v) is 5.70. The molecule has 0 bridgehead atoms. The molecule has 0 radical (unpaired) electrons. The minimum absolute atomic E-state index is 0.263. The quantitative estimate of drug-likeness (QED) is 0.839. The summed E-state index contributed by atoms with van der Waals surface area (Å²) in [4.78, 5) is 10.5. The molecule has 0 aliphatic rings. The van der Waals surface area contributed by atoms with Crippen LogP contribution in [0.1, 0.15) is 20.8 Å². The molecule has 92 valence electrons. The van der Waals surface area contributed by atoms with Crippen molar-refractivity contribution in [2.45, 2.75) is 26.8 Å². The first-order valence-electron chi connectivity index (χ1n) is 5.70. The van der Waals surface area contributed by atoms with Gasteiger partial charge in [0.2, 0.25) is 5.95 Å². The van der Waals surface area contributed by atoms with E-state index in [1.54, 1.807) is 6.20 Å². The van der Waals surface area contributed by atoms with Gasteiger partial charge < -0.3 is 10.6 Å². The van der Waals surface area contributed by atoms with Gasteiger partial charge in [0.15, 0.2) is 5.65 Å². The van der Waals surface area contributed by atoms with Crippen LogP contribution in [0.2, 0.25) is 0 Å². The number of nitrogens with two attached hydrogens (primary N) is 1. The van der Waals surface area contributed by atoms with Crippen LogP contribution in [-0.4, -0.2) is 33.3 Å². The van der Waals surface area contributed by atoms with Crippen molar-refractivity contribution in [2.75, 3.05) is 17.7 Å². The van der Waals surface area contributed by atoms with Crippen LogP contribution < -0.4 is 10.6 Å². The van der Waals surface area contributed by atoms with Gasteiger partial charge in [0.05, 0.1) is 11.6 Å². The summed E-state index contributed by atoms with van der Waals surface area (Å²) in [5, 5.41) is 7.69. The summed E-state index contributed by atoms with van der Waals surface area (Å²) in [5.74, 6) is 1.61. The number of hydrogen-bond donors (Lipinski definition) is 2. The molecule has 6 heteroatoms. The predicted octanol–water partition coefficient (Wildman–Crippen LogP) is 1.42. The van der Waals surface area contributed by atoms with Crippen LogP contribution in [0.15, 0.2) is 6.20 Å². The summed E-state index contributed by atoms with van der Waals surface area (Å²) >= 11 is 0. The highest BCUT2D eigenvalue weighted by atomic mass is 15.2. The highest BCUT2D eigenvalue weighted by molar-refractivity contribution is 5.87. The summed E-state index contributed by atoms with van der Waals surface area (Å²) in [5.41, 5.74) is 6.38. The molecule has 2 aromatic heterocycles. The molecule has 0 saturated carbocycles. The predicted molar refractivity (Wildman–Crippen MR) is 68.8 cm³/mol. The topological polar surface area (TPSA) is 83.7 Å². The number of aromatic amines is 1. The number of anilines is 2. The van der Waals surface area contributed by atoms with Crippen LogP contribution in [0.4, 0.5) is 11.8 Å². The van der Waals surface area contributed by atoms with E-state index in [2.05, 4.69) is 45.8 Å². The van der Waals surface area contributed by atoms with Gasteiger partial charge in [0.25, 0.3) is 0 Å². The van der Waals surface area contributed by atoms with Crippen LogP contribution in [0, 0.1) is 5.92 Å². The molecule has 0 saturated heterocycles. The van der Waals surface area contributed by atoms with Crippen molar-refractivity contribution in [1.29, 1.82) is 0 Å². The van der Waals surface area contributed by atoms with Gasteiger partial charge in [-0.2, -0.15) is 15.1 Å². The van der Waals surface area contributed by atoms with Gasteiger partial charge in [-0.3, -0.25) is 5.10 Å². The lowest BCUT2D eigenvalue weighted by atomic mass is 10.1. The van der Waals surface area contributed by atoms with E-state index in [0.717, 1.165) is 11.2 Å². The van der Waals surface area contributed by atoms with Gasteiger partial charge in [-0.05, 0) is 12.8 Å². The second-order valence-electron chi connectivity index (χ2n) is 4.63. The average molecular weight is 234 g/mol. The number of nitrogens with zero attached hydrogens (tertiary/aromatic N) is 4. The molecular formula is C11H18N6.